The van der Waals surface area contributed by atoms with Crippen molar-refractivity contribution in [3.63, 3.8) is 0 Å². The second kappa shape index (κ2) is 8.52. The monoisotopic (exact) mass is 355 g/mol. The summed E-state index contributed by atoms with van der Waals surface area (Å²) in [6.45, 7) is 1.75. The molecule has 0 spiro atoms. The van der Waals surface area contributed by atoms with Gasteiger partial charge in [-0.1, -0.05) is 6.07 Å². The van der Waals surface area contributed by atoms with Crippen molar-refractivity contribution in [3.05, 3.63) is 59.2 Å². The lowest BCUT2D eigenvalue weighted by atomic mass is 10.1. The molecule has 8 heteroatoms. The largest absolute Gasteiger partial charge is 0.481 e. The molecular weight excluding hydrogens is 338 g/mol. The molecule has 0 heterocycles. The summed E-state index contributed by atoms with van der Waals surface area (Å²) < 4.78 is 0. The molecule has 0 aliphatic rings. The van der Waals surface area contributed by atoms with Crippen LogP contribution in [0.5, 0.6) is 0 Å². The van der Waals surface area contributed by atoms with Gasteiger partial charge in [0.2, 0.25) is 0 Å². The first-order valence-electron chi connectivity index (χ1n) is 7.72. The molecular formula is C18H17N3O5. The Kier molecular flexibility index (Phi) is 6.15. The van der Waals surface area contributed by atoms with Gasteiger partial charge in [-0.15, -0.1) is 0 Å². The number of hydrogen-bond donors (Lipinski definition) is 3. The Morgan fingerprint density at radius 1 is 0.962 bits per heavy atom. The molecule has 0 atom stereocenters. The van der Waals surface area contributed by atoms with Gasteiger partial charge in [-0.3, -0.25) is 9.59 Å². The SMILES string of the molecule is Cc1ccc(N=Nc2ccc(C(=O)NCCC(=O)O)cc2)cc1C(=O)O. The number of carboxylic acids is 2. The minimum atomic E-state index is -1.03. The van der Waals surface area contributed by atoms with E-state index in [-0.39, 0.29) is 24.4 Å². The van der Waals surface area contributed by atoms with Gasteiger partial charge in [0, 0.05) is 12.1 Å². The standard InChI is InChI=1S/C18H17N3O5/c1-11-2-5-14(10-15(11)18(25)26)21-20-13-6-3-12(4-7-13)17(24)19-9-8-16(22)23/h2-7,10H,8-9H2,1H3,(H,19,24)(H,22,23)(H,25,26). The van der Waals surface area contributed by atoms with Crippen LogP contribution in [0.15, 0.2) is 52.7 Å². The maximum atomic E-state index is 11.8. The zero-order chi connectivity index (χ0) is 19.1. The predicted octanol–water partition coefficient (Wildman–Crippen LogP) is 3.31. The van der Waals surface area contributed by atoms with Gasteiger partial charge < -0.3 is 15.5 Å². The van der Waals surface area contributed by atoms with E-state index in [1.165, 1.54) is 6.07 Å². The van der Waals surface area contributed by atoms with Crippen LogP contribution < -0.4 is 5.32 Å². The molecule has 0 saturated heterocycles. The quantitative estimate of drug-likeness (QED) is 0.656. The van der Waals surface area contributed by atoms with Crippen molar-refractivity contribution in [2.75, 3.05) is 6.54 Å². The summed E-state index contributed by atoms with van der Waals surface area (Å²) in [5.74, 6) is -2.39. The Labute approximate surface area is 149 Å². The Balaban J connectivity index is 2.04. The van der Waals surface area contributed by atoms with Crippen molar-refractivity contribution < 1.29 is 24.6 Å². The van der Waals surface area contributed by atoms with Crippen molar-refractivity contribution >= 4 is 29.2 Å². The highest BCUT2D eigenvalue weighted by Gasteiger charge is 2.08. The maximum Gasteiger partial charge on any atom is 0.336 e. The molecule has 1 amide bonds. The number of aryl methyl sites for hydroxylation is 1. The third-order valence-corrected chi connectivity index (χ3v) is 3.49. The number of azo groups is 1. The van der Waals surface area contributed by atoms with Gasteiger partial charge in [0.15, 0.2) is 0 Å². The van der Waals surface area contributed by atoms with E-state index in [0.717, 1.165) is 0 Å². The van der Waals surface area contributed by atoms with Crippen LogP contribution >= 0.6 is 0 Å². The summed E-state index contributed by atoms with van der Waals surface area (Å²) in [4.78, 5) is 33.4. The second-order valence-corrected chi connectivity index (χ2v) is 5.45. The number of aliphatic carboxylic acids is 1. The number of carbonyl (C=O) groups excluding carboxylic acids is 1. The van der Waals surface area contributed by atoms with Crippen LogP contribution in [0.4, 0.5) is 11.4 Å². The molecule has 134 valence electrons. The lowest BCUT2D eigenvalue weighted by Gasteiger charge is -2.03. The number of nitrogens with zero attached hydrogens (tertiary/aromatic N) is 2. The maximum absolute atomic E-state index is 11.8. The first-order chi connectivity index (χ1) is 12.4. The molecule has 0 unspecified atom stereocenters. The van der Waals surface area contributed by atoms with Gasteiger partial charge in [0.25, 0.3) is 5.91 Å². The summed E-state index contributed by atoms with van der Waals surface area (Å²) >= 11 is 0. The lowest BCUT2D eigenvalue weighted by Crippen LogP contribution is -2.25. The van der Waals surface area contributed by atoms with Crippen LogP contribution in [0.1, 0.15) is 32.7 Å². The fraction of sp³-hybridized carbons (Fsp3) is 0.167. The van der Waals surface area contributed by atoms with E-state index in [0.29, 0.717) is 22.5 Å². The Morgan fingerprint density at radius 3 is 2.19 bits per heavy atom. The summed E-state index contributed by atoms with van der Waals surface area (Å²) in [6.07, 6.45) is -0.146. The summed E-state index contributed by atoms with van der Waals surface area (Å²) in [7, 11) is 0. The smallest absolute Gasteiger partial charge is 0.336 e. The topological polar surface area (TPSA) is 128 Å². The molecule has 0 aromatic heterocycles. The third-order valence-electron chi connectivity index (χ3n) is 3.49. The molecule has 0 saturated carbocycles. The molecule has 0 aliphatic carbocycles. The molecule has 0 fully saturated rings. The van der Waals surface area contributed by atoms with E-state index in [1.807, 2.05) is 0 Å². The van der Waals surface area contributed by atoms with Gasteiger partial charge in [0.05, 0.1) is 23.4 Å². The highest BCUT2D eigenvalue weighted by atomic mass is 16.4. The number of hydrogen-bond acceptors (Lipinski definition) is 5. The fourth-order valence-electron chi connectivity index (χ4n) is 2.08. The number of benzene rings is 2. The zero-order valence-electron chi connectivity index (χ0n) is 14.0. The van der Waals surface area contributed by atoms with Crippen molar-refractivity contribution in [2.45, 2.75) is 13.3 Å². The van der Waals surface area contributed by atoms with E-state index >= 15 is 0 Å². The Bertz CT molecular complexity index is 860. The molecule has 0 bridgehead atoms. The van der Waals surface area contributed by atoms with Crippen molar-refractivity contribution in [1.82, 2.24) is 5.32 Å². The molecule has 0 aliphatic heterocycles. The van der Waals surface area contributed by atoms with E-state index in [9.17, 15) is 14.4 Å². The Hall–Kier alpha value is -3.55. The van der Waals surface area contributed by atoms with Crippen molar-refractivity contribution in [1.29, 1.82) is 0 Å². The lowest BCUT2D eigenvalue weighted by molar-refractivity contribution is -0.136. The molecule has 8 nitrogen and oxygen atoms in total. The average Bonchev–Trinajstić information content (AvgIpc) is 2.60. The van der Waals surface area contributed by atoms with Gasteiger partial charge in [0.1, 0.15) is 0 Å². The van der Waals surface area contributed by atoms with E-state index < -0.39 is 11.9 Å². The minimum absolute atomic E-state index is 0.0506. The molecule has 2 rings (SSSR count). The molecule has 2 aromatic rings. The van der Waals surface area contributed by atoms with Gasteiger partial charge in [-0.2, -0.15) is 10.2 Å². The summed E-state index contributed by atoms with van der Waals surface area (Å²) in [5, 5.41) is 28.2. The Morgan fingerprint density at radius 2 is 1.58 bits per heavy atom. The first-order valence-corrected chi connectivity index (χ1v) is 7.72. The van der Waals surface area contributed by atoms with Gasteiger partial charge >= 0.3 is 11.9 Å². The second-order valence-electron chi connectivity index (χ2n) is 5.45. The first kappa shape index (κ1) is 18.8. The zero-order valence-corrected chi connectivity index (χ0v) is 14.0. The van der Waals surface area contributed by atoms with Gasteiger partial charge in [-0.25, -0.2) is 4.79 Å². The number of rotatable bonds is 7. The fourth-order valence-corrected chi connectivity index (χ4v) is 2.08. The van der Waals surface area contributed by atoms with Crippen molar-refractivity contribution in [3.8, 4) is 0 Å². The number of carboxylic acid groups (broad SMARTS) is 2. The predicted molar refractivity (Wildman–Crippen MR) is 93.3 cm³/mol. The minimum Gasteiger partial charge on any atom is -0.481 e. The number of carbonyl (C=O) groups is 3. The normalized spacial score (nSPS) is 10.7. The highest BCUT2D eigenvalue weighted by Crippen LogP contribution is 2.21. The van der Waals surface area contributed by atoms with E-state index in [4.69, 9.17) is 10.2 Å². The van der Waals surface area contributed by atoms with E-state index in [2.05, 4.69) is 15.5 Å². The summed E-state index contributed by atoms with van der Waals surface area (Å²) in [6, 6.07) is 11.0. The van der Waals surface area contributed by atoms with E-state index in [1.54, 1.807) is 43.3 Å². The van der Waals surface area contributed by atoms with Crippen molar-refractivity contribution in [2.24, 2.45) is 10.2 Å². The van der Waals surface area contributed by atoms with Gasteiger partial charge in [-0.05, 0) is 48.9 Å². The summed E-state index contributed by atoms with van der Waals surface area (Å²) in [5.41, 5.74) is 2.07. The number of amides is 1. The number of aromatic carboxylic acids is 1. The molecule has 26 heavy (non-hydrogen) atoms. The number of nitrogens with one attached hydrogen (secondary N) is 1. The van der Waals surface area contributed by atoms with Crippen LogP contribution in [0.25, 0.3) is 0 Å². The van der Waals surface area contributed by atoms with Crippen LogP contribution in [-0.2, 0) is 4.79 Å². The average molecular weight is 355 g/mol. The molecule has 3 N–H and O–H groups in total. The highest BCUT2D eigenvalue weighted by molar-refractivity contribution is 5.94. The van der Waals surface area contributed by atoms with Crippen LogP contribution in [0.2, 0.25) is 0 Å². The molecule has 0 radical (unpaired) electrons. The van der Waals surface area contributed by atoms with Crippen LogP contribution in [0, 0.1) is 6.92 Å². The van der Waals surface area contributed by atoms with Crippen LogP contribution in [-0.4, -0.2) is 34.6 Å². The van der Waals surface area contributed by atoms with Crippen LogP contribution in [0.3, 0.4) is 0 Å². The third kappa shape index (κ3) is 5.23. The molecule has 2 aromatic carbocycles.